The number of hydrogen-bond acceptors (Lipinski definition) is 3. The van der Waals surface area contributed by atoms with Gasteiger partial charge in [0.15, 0.2) is 0 Å². The van der Waals surface area contributed by atoms with Crippen LogP contribution in [0.15, 0.2) is 30.3 Å². The molecule has 25 heavy (non-hydrogen) atoms. The Hall–Kier alpha value is -1.85. The van der Waals surface area contributed by atoms with Gasteiger partial charge in [-0.05, 0) is 69.5 Å². The summed E-state index contributed by atoms with van der Waals surface area (Å²) in [5.41, 5.74) is 3.96. The maximum absolute atomic E-state index is 12.4. The fourth-order valence-electron chi connectivity index (χ4n) is 3.26. The van der Waals surface area contributed by atoms with Crippen LogP contribution < -0.4 is 10.6 Å². The van der Waals surface area contributed by atoms with E-state index in [1.165, 1.54) is 12.8 Å². The minimum atomic E-state index is 0. The molecule has 3 rings (SSSR count). The summed E-state index contributed by atoms with van der Waals surface area (Å²) in [4.78, 5) is 12.4. The van der Waals surface area contributed by atoms with Crippen molar-refractivity contribution in [3.05, 3.63) is 52.8 Å². The average Bonchev–Trinajstić information content (AvgIpc) is 2.91. The Kier molecular flexibility index (Phi) is 7.02. The average molecular weight is 363 g/mol. The zero-order valence-corrected chi connectivity index (χ0v) is 15.7. The van der Waals surface area contributed by atoms with Gasteiger partial charge in [-0.3, -0.25) is 9.48 Å². The van der Waals surface area contributed by atoms with Gasteiger partial charge in [-0.25, -0.2) is 0 Å². The molecule has 1 aliphatic heterocycles. The molecule has 1 aromatic heterocycles. The van der Waals surface area contributed by atoms with Gasteiger partial charge in [-0.1, -0.05) is 12.1 Å². The number of piperidine rings is 1. The van der Waals surface area contributed by atoms with E-state index in [4.69, 9.17) is 0 Å². The number of hydrogen-bond donors (Lipinski definition) is 2. The predicted octanol–water partition coefficient (Wildman–Crippen LogP) is 2.70. The van der Waals surface area contributed by atoms with Crippen molar-refractivity contribution in [2.45, 2.75) is 33.2 Å². The smallest absolute Gasteiger partial charge is 0.251 e. The summed E-state index contributed by atoms with van der Waals surface area (Å²) < 4.78 is 1.97. The van der Waals surface area contributed by atoms with Gasteiger partial charge in [0.05, 0.1) is 12.2 Å². The summed E-state index contributed by atoms with van der Waals surface area (Å²) >= 11 is 0. The topological polar surface area (TPSA) is 59.0 Å². The lowest BCUT2D eigenvalue weighted by molar-refractivity contribution is 0.0944. The van der Waals surface area contributed by atoms with Crippen molar-refractivity contribution in [1.82, 2.24) is 20.4 Å². The van der Waals surface area contributed by atoms with Crippen molar-refractivity contribution in [1.29, 1.82) is 0 Å². The SMILES string of the molecule is Cc1cc(C)n(Cc2cccc(C(=O)NCC3CCCNC3)c2)n1.Cl. The Morgan fingerprint density at radius 2 is 2.20 bits per heavy atom. The Bertz CT molecular complexity index is 707. The van der Waals surface area contributed by atoms with Crippen LogP contribution in [-0.2, 0) is 6.54 Å². The molecule has 0 spiro atoms. The molecule has 0 radical (unpaired) electrons. The highest BCUT2D eigenvalue weighted by atomic mass is 35.5. The Labute approximate surface area is 155 Å². The highest BCUT2D eigenvalue weighted by molar-refractivity contribution is 5.94. The maximum Gasteiger partial charge on any atom is 0.251 e. The van der Waals surface area contributed by atoms with Gasteiger partial charge < -0.3 is 10.6 Å². The molecule has 2 aromatic rings. The molecule has 0 saturated carbocycles. The van der Waals surface area contributed by atoms with E-state index in [-0.39, 0.29) is 18.3 Å². The van der Waals surface area contributed by atoms with Crippen molar-refractivity contribution < 1.29 is 4.79 Å². The van der Waals surface area contributed by atoms with Crippen LogP contribution in [0.25, 0.3) is 0 Å². The number of carbonyl (C=O) groups is 1. The van der Waals surface area contributed by atoms with Crippen LogP contribution in [0, 0.1) is 19.8 Å². The van der Waals surface area contributed by atoms with Crippen molar-refractivity contribution in [3.8, 4) is 0 Å². The number of nitrogens with one attached hydrogen (secondary N) is 2. The molecule has 1 fully saturated rings. The second kappa shape index (κ2) is 9.02. The minimum Gasteiger partial charge on any atom is -0.352 e. The van der Waals surface area contributed by atoms with Gasteiger partial charge in [-0.15, -0.1) is 12.4 Å². The third kappa shape index (κ3) is 5.31. The van der Waals surface area contributed by atoms with E-state index >= 15 is 0 Å². The second-order valence-electron chi connectivity index (χ2n) is 6.71. The maximum atomic E-state index is 12.4. The normalized spacial score (nSPS) is 17.0. The van der Waals surface area contributed by atoms with Crippen LogP contribution in [0.1, 0.15) is 40.2 Å². The molecule has 1 unspecified atom stereocenters. The number of halogens is 1. The van der Waals surface area contributed by atoms with Crippen LogP contribution in [0.3, 0.4) is 0 Å². The van der Waals surface area contributed by atoms with Gasteiger partial charge in [0.2, 0.25) is 0 Å². The Balaban J connectivity index is 0.00000225. The third-order valence-corrected chi connectivity index (χ3v) is 4.58. The molecule has 0 aliphatic carbocycles. The Morgan fingerprint density at radius 3 is 2.88 bits per heavy atom. The first-order valence-electron chi connectivity index (χ1n) is 8.71. The molecule has 1 aromatic carbocycles. The fourth-order valence-corrected chi connectivity index (χ4v) is 3.26. The molecule has 1 aliphatic rings. The van der Waals surface area contributed by atoms with Crippen molar-refractivity contribution in [3.63, 3.8) is 0 Å². The second-order valence-corrected chi connectivity index (χ2v) is 6.71. The molecule has 1 atom stereocenters. The molecular formula is C19H27ClN4O. The van der Waals surface area contributed by atoms with Gasteiger partial charge in [0.25, 0.3) is 5.91 Å². The number of amides is 1. The number of nitrogens with zero attached hydrogens (tertiary/aromatic N) is 2. The highest BCUT2D eigenvalue weighted by Gasteiger charge is 2.14. The van der Waals surface area contributed by atoms with Gasteiger partial charge in [0, 0.05) is 17.8 Å². The summed E-state index contributed by atoms with van der Waals surface area (Å²) in [5, 5.41) is 10.9. The van der Waals surface area contributed by atoms with E-state index in [2.05, 4.69) is 28.7 Å². The zero-order chi connectivity index (χ0) is 16.9. The molecule has 0 bridgehead atoms. The number of rotatable bonds is 5. The van der Waals surface area contributed by atoms with E-state index in [0.717, 1.165) is 42.1 Å². The van der Waals surface area contributed by atoms with Crippen molar-refractivity contribution in [2.75, 3.05) is 19.6 Å². The summed E-state index contributed by atoms with van der Waals surface area (Å²) in [5.74, 6) is 0.552. The lowest BCUT2D eigenvalue weighted by Crippen LogP contribution is -2.38. The highest BCUT2D eigenvalue weighted by Crippen LogP contribution is 2.11. The van der Waals surface area contributed by atoms with E-state index in [9.17, 15) is 4.79 Å². The largest absolute Gasteiger partial charge is 0.352 e. The summed E-state index contributed by atoms with van der Waals surface area (Å²) in [6, 6.07) is 9.88. The van der Waals surface area contributed by atoms with Crippen LogP contribution in [0.4, 0.5) is 0 Å². The zero-order valence-electron chi connectivity index (χ0n) is 14.9. The first kappa shape index (κ1) is 19.5. The van der Waals surface area contributed by atoms with E-state index in [1.54, 1.807) is 0 Å². The summed E-state index contributed by atoms with van der Waals surface area (Å²) in [6.07, 6.45) is 2.38. The van der Waals surface area contributed by atoms with Crippen LogP contribution >= 0.6 is 12.4 Å². The number of aryl methyl sites for hydroxylation is 2. The van der Waals surface area contributed by atoms with Gasteiger partial charge in [-0.2, -0.15) is 5.10 Å². The van der Waals surface area contributed by atoms with E-state index in [1.807, 2.05) is 35.9 Å². The lowest BCUT2D eigenvalue weighted by Gasteiger charge is -2.22. The third-order valence-electron chi connectivity index (χ3n) is 4.58. The standard InChI is InChI=1S/C19H26N4O.ClH/c1-14-9-15(2)23(22-14)13-16-5-3-7-18(10-16)19(24)21-12-17-6-4-8-20-11-17;/h3,5,7,9-10,17,20H,4,6,8,11-13H2,1-2H3,(H,21,24);1H. The van der Waals surface area contributed by atoms with E-state index < -0.39 is 0 Å². The first-order chi connectivity index (χ1) is 11.6. The lowest BCUT2D eigenvalue weighted by atomic mass is 9.99. The molecule has 2 heterocycles. The summed E-state index contributed by atoms with van der Waals surface area (Å²) in [6.45, 7) is 7.57. The van der Waals surface area contributed by atoms with Crippen molar-refractivity contribution >= 4 is 18.3 Å². The molecular weight excluding hydrogens is 336 g/mol. The number of carbonyl (C=O) groups excluding carboxylic acids is 1. The van der Waals surface area contributed by atoms with Crippen LogP contribution in [0.2, 0.25) is 0 Å². The fraction of sp³-hybridized carbons (Fsp3) is 0.474. The Morgan fingerprint density at radius 1 is 1.36 bits per heavy atom. The first-order valence-corrected chi connectivity index (χ1v) is 8.71. The van der Waals surface area contributed by atoms with Crippen LogP contribution in [-0.4, -0.2) is 35.3 Å². The quantitative estimate of drug-likeness (QED) is 0.859. The van der Waals surface area contributed by atoms with Gasteiger partial charge >= 0.3 is 0 Å². The molecule has 1 saturated heterocycles. The van der Waals surface area contributed by atoms with Crippen LogP contribution in [0.5, 0.6) is 0 Å². The number of benzene rings is 1. The minimum absolute atomic E-state index is 0. The predicted molar refractivity (Wildman–Crippen MR) is 102 cm³/mol. The molecule has 5 nitrogen and oxygen atoms in total. The number of aromatic nitrogens is 2. The van der Waals surface area contributed by atoms with E-state index in [0.29, 0.717) is 12.5 Å². The van der Waals surface area contributed by atoms with Gasteiger partial charge in [0.1, 0.15) is 0 Å². The molecule has 1 amide bonds. The monoisotopic (exact) mass is 362 g/mol. The molecule has 6 heteroatoms. The van der Waals surface area contributed by atoms with Crippen molar-refractivity contribution in [2.24, 2.45) is 5.92 Å². The molecule has 2 N–H and O–H groups in total. The molecule has 136 valence electrons. The summed E-state index contributed by atoms with van der Waals surface area (Å²) in [7, 11) is 0.